The molecule has 5 heteroatoms. The van der Waals surface area contributed by atoms with E-state index in [4.69, 9.17) is 9.47 Å². The topological polar surface area (TPSA) is 59.6 Å². The van der Waals surface area contributed by atoms with Gasteiger partial charge >= 0.3 is 6.03 Å². The molecule has 2 aromatic rings. The SMILES string of the molecule is COc1ccc2ccccc2c1CNC(=O)N[C@@H]1C[C@H]2OCCC[C@@H]12. The first-order chi connectivity index (χ1) is 12.3. The normalized spacial score (nSPS) is 24.9. The van der Waals surface area contributed by atoms with Crippen LogP contribution in [-0.2, 0) is 11.3 Å². The molecule has 1 saturated heterocycles. The van der Waals surface area contributed by atoms with Crippen molar-refractivity contribution in [2.24, 2.45) is 5.92 Å². The standard InChI is InChI=1S/C20H24N2O3/c1-24-18-9-8-13-5-2-3-6-14(13)16(18)12-21-20(23)22-17-11-19-15(17)7-4-10-25-19/h2-3,5-6,8-9,15,17,19H,4,7,10-12H2,1H3,(H2,21,22,23)/t15-,17+,19+/m0/s1. The third-order valence-electron chi connectivity index (χ3n) is 5.45. The largest absolute Gasteiger partial charge is 0.496 e. The second kappa shape index (κ2) is 6.92. The molecule has 1 aliphatic carbocycles. The van der Waals surface area contributed by atoms with Gasteiger partial charge in [0.25, 0.3) is 0 Å². The maximum Gasteiger partial charge on any atom is 0.315 e. The van der Waals surface area contributed by atoms with E-state index in [-0.39, 0.29) is 12.1 Å². The second-order valence-electron chi connectivity index (χ2n) is 6.85. The van der Waals surface area contributed by atoms with Gasteiger partial charge in [0.15, 0.2) is 0 Å². The molecule has 132 valence electrons. The molecule has 2 aliphatic rings. The molecular weight excluding hydrogens is 316 g/mol. The van der Waals surface area contributed by atoms with Crippen LogP contribution in [0.1, 0.15) is 24.8 Å². The van der Waals surface area contributed by atoms with E-state index in [0.717, 1.165) is 48.0 Å². The van der Waals surface area contributed by atoms with Gasteiger partial charge in [-0.25, -0.2) is 4.79 Å². The van der Waals surface area contributed by atoms with Crippen molar-refractivity contribution in [3.05, 3.63) is 42.0 Å². The van der Waals surface area contributed by atoms with Crippen molar-refractivity contribution in [1.29, 1.82) is 0 Å². The zero-order valence-electron chi connectivity index (χ0n) is 14.5. The van der Waals surface area contributed by atoms with Crippen LogP contribution in [0.5, 0.6) is 5.75 Å². The molecule has 1 heterocycles. The molecule has 25 heavy (non-hydrogen) atoms. The lowest BCUT2D eigenvalue weighted by atomic mass is 9.72. The third-order valence-corrected chi connectivity index (χ3v) is 5.45. The molecule has 2 fully saturated rings. The Balaban J connectivity index is 1.41. The maximum absolute atomic E-state index is 12.3. The number of ether oxygens (including phenoxy) is 2. The summed E-state index contributed by atoms with van der Waals surface area (Å²) in [4.78, 5) is 12.3. The Bertz CT molecular complexity index is 777. The van der Waals surface area contributed by atoms with Crippen molar-refractivity contribution in [1.82, 2.24) is 10.6 Å². The summed E-state index contributed by atoms with van der Waals surface area (Å²) in [5.41, 5.74) is 1.00. The second-order valence-corrected chi connectivity index (χ2v) is 6.85. The van der Waals surface area contributed by atoms with Crippen molar-refractivity contribution in [2.45, 2.75) is 38.0 Å². The van der Waals surface area contributed by atoms with Crippen molar-refractivity contribution in [3.63, 3.8) is 0 Å². The van der Waals surface area contributed by atoms with E-state index in [1.165, 1.54) is 0 Å². The first kappa shape index (κ1) is 16.2. The van der Waals surface area contributed by atoms with Crippen LogP contribution in [-0.4, -0.2) is 31.9 Å². The summed E-state index contributed by atoms with van der Waals surface area (Å²) < 4.78 is 11.2. The summed E-state index contributed by atoms with van der Waals surface area (Å²) in [5, 5.41) is 8.33. The van der Waals surface area contributed by atoms with Crippen LogP contribution in [0.4, 0.5) is 4.79 Å². The zero-order chi connectivity index (χ0) is 17.2. The van der Waals surface area contributed by atoms with Crippen LogP contribution in [0.2, 0.25) is 0 Å². The summed E-state index contributed by atoms with van der Waals surface area (Å²) >= 11 is 0. The number of methoxy groups -OCH3 is 1. The lowest BCUT2D eigenvalue weighted by Crippen LogP contribution is -2.59. The molecule has 5 nitrogen and oxygen atoms in total. The molecule has 1 saturated carbocycles. The minimum Gasteiger partial charge on any atom is -0.496 e. The average Bonchev–Trinajstić information content (AvgIpc) is 2.64. The van der Waals surface area contributed by atoms with Gasteiger partial charge in [-0.2, -0.15) is 0 Å². The van der Waals surface area contributed by atoms with Gasteiger partial charge < -0.3 is 20.1 Å². The van der Waals surface area contributed by atoms with Crippen LogP contribution < -0.4 is 15.4 Å². The molecule has 0 bridgehead atoms. The highest BCUT2D eigenvalue weighted by Crippen LogP contribution is 2.37. The lowest BCUT2D eigenvalue weighted by molar-refractivity contribution is -0.0999. The molecular formula is C20H24N2O3. The average molecular weight is 340 g/mol. The quantitative estimate of drug-likeness (QED) is 0.898. The fourth-order valence-electron chi connectivity index (χ4n) is 4.04. The van der Waals surface area contributed by atoms with E-state index >= 15 is 0 Å². The number of carbonyl (C=O) groups is 1. The number of nitrogens with one attached hydrogen (secondary N) is 2. The van der Waals surface area contributed by atoms with Crippen LogP contribution in [0.15, 0.2) is 36.4 Å². The molecule has 2 N–H and O–H groups in total. The molecule has 3 atom stereocenters. The predicted octanol–water partition coefficient (Wildman–Crippen LogP) is 3.22. The maximum atomic E-state index is 12.3. The molecule has 0 aromatic heterocycles. The number of hydrogen-bond donors (Lipinski definition) is 2. The van der Waals surface area contributed by atoms with Crippen molar-refractivity contribution in [2.75, 3.05) is 13.7 Å². The predicted molar refractivity (Wildman–Crippen MR) is 96.7 cm³/mol. The Morgan fingerprint density at radius 3 is 3.00 bits per heavy atom. The number of hydrogen-bond acceptors (Lipinski definition) is 3. The van der Waals surface area contributed by atoms with Crippen molar-refractivity contribution < 1.29 is 14.3 Å². The van der Waals surface area contributed by atoms with Gasteiger partial charge in [0.1, 0.15) is 5.75 Å². The first-order valence-electron chi connectivity index (χ1n) is 8.97. The van der Waals surface area contributed by atoms with E-state index in [1.54, 1.807) is 7.11 Å². The minimum atomic E-state index is -0.121. The molecule has 0 radical (unpaired) electrons. The van der Waals surface area contributed by atoms with E-state index in [0.29, 0.717) is 18.6 Å². The van der Waals surface area contributed by atoms with Gasteiger partial charge in [0, 0.05) is 30.7 Å². The van der Waals surface area contributed by atoms with Crippen LogP contribution in [0.25, 0.3) is 10.8 Å². The molecule has 1 aliphatic heterocycles. The van der Waals surface area contributed by atoms with Gasteiger partial charge in [0.05, 0.1) is 13.2 Å². The Labute approximate surface area is 147 Å². The van der Waals surface area contributed by atoms with Crippen LogP contribution in [0.3, 0.4) is 0 Å². The molecule has 2 aromatic carbocycles. The third kappa shape index (κ3) is 3.16. The molecule has 2 amide bonds. The zero-order valence-corrected chi connectivity index (χ0v) is 14.5. The summed E-state index contributed by atoms with van der Waals surface area (Å²) in [5.74, 6) is 1.27. The smallest absolute Gasteiger partial charge is 0.315 e. The summed E-state index contributed by atoms with van der Waals surface area (Å²) in [7, 11) is 1.66. The number of rotatable bonds is 4. The van der Waals surface area contributed by atoms with Gasteiger partial charge in [-0.1, -0.05) is 30.3 Å². The highest BCUT2D eigenvalue weighted by Gasteiger charge is 2.43. The molecule has 4 rings (SSSR count). The van der Waals surface area contributed by atoms with Gasteiger partial charge in [0.2, 0.25) is 0 Å². The van der Waals surface area contributed by atoms with Crippen molar-refractivity contribution >= 4 is 16.8 Å². The summed E-state index contributed by atoms with van der Waals surface area (Å²) in [6.45, 7) is 1.30. The summed E-state index contributed by atoms with van der Waals surface area (Å²) in [6.07, 6.45) is 3.51. The van der Waals surface area contributed by atoms with Crippen LogP contribution in [0, 0.1) is 5.92 Å². The fourth-order valence-corrected chi connectivity index (χ4v) is 4.04. The van der Waals surface area contributed by atoms with Gasteiger partial charge in [-0.3, -0.25) is 0 Å². The fraction of sp³-hybridized carbons (Fsp3) is 0.450. The number of benzene rings is 2. The van der Waals surface area contributed by atoms with E-state index < -0.39 is 0 Å². The number of fused-ring (bicyclic) bond motifs is 2. The Morgan fingerprint density at radius 2 is 2.16 bits per heavy atom. The highest BCUT2D eigenvalue weighted by atomic mass is 16.5. The number of urea groups is 1. The Morgan fingerprint density at radius 1 is 1.28 bits per heavy atom. The van der Waals surface area contributed by atoms with Crippen molar-refractivity contribution in [3.8, 4) is 5.75 Å². The van der Waals surface area contributed by atoms with Crippen LogP contribution >= 0.6 is 0 Å². The minimum absolute atomic E-state index is 0.121. The highest BCUT2D eigenvalue weighted by molar-refractivity contribution is 5.88. The Kier molecular flexibility index (Phi) is 4.49. The first-order valence-corrected chi connectivity index (χ1v) is 8.97. The van der Waals surface area contributed by atoms with E-state index in [9.17, 15) is 4.79 Å². The van der Waals surface area contributed by atoms with Gasteiger partial charge in [-0.15, -0.1) is 0 Å². The number of carbonyl (C=O) groups excluding carboxylic acids is 1. The summed E-state index contributed by atoms with van der Waals surface area (Å²) in [6, 6.07) is 12.2. The van der Waals surface area contributed by atoms with Gasteiger partial charge in [-0.05, 0) is 36.1 Å². The van der Waals surface area contributed by atoms with E-state index in [2.05, 4.69) is 22.8 Å². The Hall–Kier alpha value is -2.27. The monoisotopic (exact) mass is 340 g/mol. The molecule has 0 spiro atoms. The number of amides is 2. The lowest BCUT2D eigenvalue weighted by Gasteiger charge is -2.47. The molecule has 0 unspecified atom stereocenters. The van der Waals surface area contributed by atoms with E-state index in [1.807, 2.05) is 24.3 Å².